The largest absolute Gasteiger partial charge is 0.435 e. The van der Waals surface area contributed by atoms with E-state index in [9.17, 15) is 0 Å². The van der Waals surface area contributed by atoms with Gasteiger partial charge in [0.15, 0.2) is 0 Å². The van der Waals surface area contributed by atoms with Gasteiger partial charge in [0.25, 0.3) is 0 Å². The molecule has 0 fully saturated rings. The normalized spacial score (nSPS) is 11.1. The average Bonchev–Trinajstić information content (AvgIpc) is 2.49. The smallest absolute Gasteiger partial charge is 0.416 e. The molecule has 0 aromatic heterocycles. The third-order valence-electron chi connectivity index (χ3n) is 2.46. The van der Waals surface area contributed by atoms with Gasteiger partial charge < -0.3 is 13.8 Å². The standard InChI is InChI=1S/C15H17O4PS/c1-16-12-13-17-20(21,18-14-8-4-2-5-9-14)19-15-10-6-3-7-11-15/h2-11H,12-13H2,1H3. The van der Waals surface area contributed by atoms with Gasteiger partial charge in [0, 0.05) is 18.9 Å². The van der Waals surface area contributed by atoms with E-state index in [2.05, 4.69) is 0 Å². The Balaban J connectivity index is 2.11. The van der Waals surface area contributed by atoms with Crippen molar-refractivity contribution in [2.24, 2.45) is 0 Å². The fraction of sp³-hybridized carbons (Fsp3) is 0.200. The second-order valence-electron chi connectivity index (χ2n) is 4.08. The van der Waals surface area contributed by atoms with Crippen molar-refractivity contribution in [2.75, 3.05) is 20.3 Å². The first kappa shape index (κ1) is 16.0. The highest BCUT2D eigenvalue weighted by Gasteiger charge is 2.24. The molecule has 0 spiro atoms. The van der Waals surface area contributed by atoms with E-state index in [1.165, 1.54) is 0 Å². The summed E-state index contributed by atoms with van der Waals surface area (Å²) in [5, 5.41) is 0. The molecule has 0 saturated carbocycles. The lowest BCUT2D eigenvalue weighted by Gasteiger charge is -2.22. The summed E-state index contributed by atoms with van der Waals surface area (Å²) in [5.41, 5.74) is 0. The second kappa shape index (κ2) is 8.15. The molecule has 112 valence electrons. The minimum atomic E-state index is -2.94. The topological polar surface area (TPSA) is 36.9 Å². The molecular formula is C15H17O4PS. The fourth-order valence-corrected chi connectivity index (χ4v) is 3.47. The van der Waals surface area contributed by atoms with Crippen molar-refractivity contribution < 1.29 is 18.3 Å². The minimum Gasteiger partial charge on any atom is -0.416 e. The zero-order valence-electron chi connectivity index (χ0n) is 11.7. The number of rotatable bonds is 8. The van der Waals surface area contributed by atoms with Crippen molar-refractivity contribution in [1.82, 2.24) is 0 Å². The van der Waals surface area contributed by atoms with Crippen LogP contribution in [0.1, 0.15) is 0 Å². The maximum atomic E-state index is 5.78. The summed E-state index contributed by atoms with van der Waals surface area (Å²) in [6.45, 7) is -2.20. The number of para-hydroxylation sites is 2. The molecule has 0 aliphatic heterocycles. The first-order valence-electron chi connectivity index (χ1n) is 6.45. The molecule has 0 bridgehead atoms. The highest BCUT2D eigenvalue weighted by Crippen LogP contribution is 2.49. The predicted molar refractivity (Wildman–Crippen MR) is 86.3 cm³/mol. The van der Waals surface area contributed by atoms with Gasteiger partial charge in [0.1, 0.15) is 11.5 Å². The number of hydrogen-bond donors (Lipinski definition) is 0. The Morgan fingerprint density at radius 2 is 1.29 bits per heavy atom. The van der Waals surface area contributed by atoms with E-state index in [0.29, 0.717) is 24.7 Å². The number of benzene rings is 2. The number of methoxy groups -OCH3 is 1. The molecular weight excluding hydrogens is 307 g/mol. The highest BCUT2D eigenvalue weighted by atomic mass is 32.5. The molecule has 0 radical (unpaired) electrons. The Hall–Kier alpha value is -1.39. The van der Waals surface area contributed by atoms with Crippen LogP contribution in [0.2, 0.25) is 0 Å². The van der Waals surface area contributed by atoms with Crippen LogP contribution < -0.4 is 9.05 Å². The Labute approximate surface area is 129 Å². The Morgan fingerprint density at radius 1 is 0.810 bits per heavy atom. The summed E-state index contributed by atoms with van der Waals surface area (Å²) >= 11 is 5.47. The van der Waals surface area contributed by atoms with E-state index in [-0.39, 0.29) is 0 Å². The summed E-state index contributed by atoms with van der Waals surface area (Å²) in [5.74, 6) is 1.24. The maximum Gasteiger partial charge on any atom is 0.435 e. The Kier molecular flexibility index (Phi) is 6.21. The van der Waals surface area contributed by atoms with Gasteiger partial charge in [0.05, 0.1) is 13.2 Å². The van der Waals surface area contributed by atoms with E-state index in [1.807, 2.05) is 60.7 Å². The van der Waals surface area contributed by atoms with Gasteiger partial charge >= 0.3 is 6.72 Å². The summed E-state index contributed by atoms with van der Waals surface area (Å²) in [6.07, 6.45) is 0. The SMILES string of the molecule is COCCOP(=S)(Oc1ccccc1)Oc1ccccc1. The molecule has 0 unspecified atom stereocenters. The summed E-state index contributed by atoms with van der Waals surface area (Å²) < 4.78 is 22.2. The predicted octanol–water partition coefficient (Wildman–Crippen LogP) is 4.03. The van der Waals surface area contributed by atoms with Crippen molar-refractivity contribution in [3.8, 4) is 11.5 Å². The van der Waals surface area contributed by atoms with Crippen LogP contribution >= 0.6 is 6.72 Å². The Morgan fingerprint density at radius 3 is 1.71 bits per heavy atom. The molecule has 2 aromatic rings. The zero-order chi connectivity index (χ0) is 15.0. The summed E-state index contributed by atoms with van der Waals surface area (Å²) in [7, 11) is 1.60. The zero-order valence-corrected chi connectivity index (χ0v) is 13.4. The van der Waals surface area contributed by atoms with Gasteiger partial charge in [0.2, 0.25) is 0 Å². The molecule has 0 N–H and O–H groups in total. The summed E-state index contributed by atoms with van der Waals surface area (Å²) in [6, 6.07) is 18.5. The first-order valence-corrected chi connectivity index (χ1v) is 9.00. The van der Waals surface area contributed by atoms with Gasteiger partial charge in [-0.05, 0) is 24.3 Å². The lowest BCUT2D eigenvalue weighted by atomic mass is 10.3. The molecule has 0 heterocycles. The molecule has 6 heteroatoms. The molecule has 4 nitrogen and oxygen atoms in total. The van der Waals surface area contributed by atoms with Gasteiger partial charge in [-0.2, -0.15) is 0 Å². The lowest BCUT2D eigenvalue weighted by Crippen LogP contribution is -2.08. The molecule has 21 heavy (non-hydrogen) atoms. The molecule has 0 aliphatic carbocycles. The van der Waals surface area contributed by atoms with Crippen LogP contribution in [0.25, 0.3) is 0 Å². The molecule has 2 aromatic carbocycles. The monoisotopic (exact) mass is 324 g/mol. The third-order valence-corrected chi connectivity index (χ3v) is 4.59. The first-order chi connectivity index (χ1) is 10.2. The number of ether oxygens (including phenoxy) is 1. The van der Waals surface area contributed by atoms with Gasteiger partial charge in [-0.15, -0.1) is 0 Å². The summed E-state index contributed by atoms with van der Waals surface area (Å²) in [4.78, 5) is 0. The van der Waals surface area contributed by atoms with Crippen LogP contribution in [0.15, 0.2) is 60.7 Å². The number of hydrogen-bond acceptors (Lipinski definition) is 5. The maximum absolute atomic E-state index is 5.78. The van der Waals surface area contributed by atoms with Crippen LogP contribution in [0, 0.1) is 0 Å². The van der Waals surface area contributed by atoms with Gasteiger partial charge in [-0.3, -0.25) is 4.52 Å². The van der Waals surface area contributed by atoms with E-state index in [0.717, 1.165) is 0 Å². The third kappa shape index (κ3) is 5.48. The van der Waals surface area contributed by atoms with Crippen molar-refractivity contribution in [3.05, 3.63) is 60.7 Å². The van der Waals surface area contributed by atoms with Crippen molar-refractivity contribution in [2.45, 2.75) is 0 Å². The molecule has 0 aliphatic rings. The lowest BCUT2D eigenvalue weighted by molar-refractivity contribution is 0.138. The molecule has 0 saturated heterocycles. The molecule has 0 amide bonds. The van der Waals surface area contributed by atoms with Crippen LogP contribution in [0.5, 0.6) is 11.5 Å². The van der Waals surface area contributed by atoms with Crippen LogP contribution in [-0.4, -0.2) is 20.3 Å². The van der Waals surface area contributed by atoms with E-state index in [4.69, 9.17) is 30.1 Å². The van der Waals surface area contributed by atoms with E-state index < -0.39 is 6.72 Å². The fourth-order valence-electron chi connectivity index (χ4n) is 1.52. The van der Waals surface area contributed by atoms with Crippen LogP contribution in [0.3, 0.4) is 0 Å². The van der Waals surface area contributed by atoms with Crippen molar-refractivity contribution in [1.29, 1.82) is 0 Å². The van der Waals surface area contributed by atoms with E-state index >= 15 is 0 Å². The Bertz CT molecular complexity index is 531. The average molecular weight is 324 g/mol. The molecule has 0 atom stereocenters. The van der Waals surface area contributed by atoms with E-state index in [1.54, 1.807) is 7.11 Å². The van der Waals surface area contributed by atoms with Gasteiger partial charge in [-0.1, -0.05) is 36.4 Å². The van der Waals surface area contributed by atoms with Crippen molar-refractivity contribution >= 4 is 18.5 Å². The quantitative estimate of drug-likeness (QED) is 0.541. The second-order valence-corrected chi connectivity index (χ2v) is 6.94. The van der Waals surface area contributed by atoms with Crippen LogP contribution in [-0.2, 0) is 21.1 Å². The van der Waals surface area contributed by atoms with Gasteiger partial charge in [-0.25, -0.2) is 0 Å². The van der Waals surface area contributed by atoms with Crippen molar-refractivity contribution in [3.63, 3.8) is 0 Å². The van der Waals surface area contributed by atoms with Crippen LogP contribution in [0.4, 0.5) is 0 Å². The minimum absolute atomic E-state index is 0.313. The highest BCUT2D eigenvalue weighted by molar-refractivity contribution is 8.07. The molecule has 2 rings (SSSR count).